The third-order valence-electron chi connectivity index (χ3n) is 7.98. The van der Waals surface area contributed by atoms with Crippen LogP contribution in [0.15, 0.2) is 0 Å². The molecule has 0 aromatic carbocycles. The Morgan fingerprint density at radius 1 is 0.706 bits per heavy atom. The van der Waals surface area contributed by atoms with Gasteiger partial charge in [-0.3, -0.25) is 0 Å². The largest absolute Gasteiger partial charge is 0.124 e. The van der Waals surface area contributed by atoms with E-state index in [1.54, 1.807) is 0 Å². The van der Waals surface area contributed by atoms with E-state index in [1.165, 1.54) is 83.5 Å². The highest BCUT2D eigenvalue weighted by Gasteiger charge is 2.24. The van der Waals surface area contributed by atoms with E-state index >= 15 is 0 Å². The molecule has 0 bridgehead atoms. The molecule has 0 N–H and O–H groups in total. The lowest BCUT2D eigenvalue weighted by Gasteiger charge is -2.32. The lowest BCUT2D eigenvalue weighted by atomic mass is 9.74. The first-order valence-corrected chi connectivity index (χ1v) is 15.4. The van der Waals surface area contributed by atoms with Crippen LogP contribution in [0.4, 0.5) is 0 Å². The minimum absolute atomic E-state index is 0.583. The lowest BCUT2D eigenvalue weighted by molar-refractivity contribution is 0.195. The van der Waals surface area contributed by atoms with Gasteiger partial charge in [0.1, 0.15) is 0 Å². The molecular formula is C34H72. The molecule has 2 unspecified atom stereocenters. The van der Waals surface area contributed by atoms with E-state index in [1.807, 2.05) is 13.8 Å². The van der Waals surface area contributed by atoms with Crippen molar-refractivity contribution >= 4 is 0 Å². The van der Waals surface area contributed by atoms with Gasteiger partial charge in [-0.15, -0.1) is 12.8 Å². The molecule has 2 atom stereocenters. The van der Waals surface area contributed by atoms with Crippen molar-refractivity contribution in [3.05, 3.63) is 0 Å². The standard InChI is InChI=1S/C20H40.C7H16.C3H8.C2H6.C2H2/c1-6-8-19(9-7-2)17(4)12-13-18(5)20-14-10-16(3)11-15-20;1-5-7(3,4)6-2;1-3-2;2*1-2/h16-20H,6-15H2,1-5H3;5-6H2,1-4H3;3H2,1-2H3;1-2H3;1-2H. The Hall–Kier alpha value is -0.440. The summed E-state index contributed by atoms with van der Waals surface area (Å²) in [4.78, 5) is 0. The van der Waals surface area contributed by atoms with Crippen molar-refractivity contribution in [3.8, 4) is 12.8 Å². The Bertz CT molecular complexity index is 357. The number of hydrogen-bond donors (Lipinski definition) is 0. The van der Waals surface area contributed by atoms with Crippen molar-refractivity contribution in [2.45, 2.75) is 173 Å². The highest BCUT2D eigenvalue weighted by molar-refractivity contribution is 4.76. The lowest BCUT2D eigenvalue weighted by Crippen LogP contribution is -2.20. The Morgan fingerprint density at radius 2 is 1.09 bits per heavy atom. The van der Waals surface area contributed by atoms with Crippen molar-refractivity contribution in [2.24, 2.45) is 35.0 Å². The Morgan fingerprint density at radius 3 is 1.38 bits per heavy atom. The summed E-state index contributed by atoms with van der Waals surface area (Å²) in [5.74, 6) is 4.93. The minimum atomic E-state index is 0.583. The summed E-state index contributed by atoms with van der Waals surface area (Å²) in [6, 6.07) is 0. The van der Waals surface area contributed by atoms with Crippen molar-refractivity contribution in [2.75, 3.05) is 0 Å². The molecule has 1 fully saturated rings. The maximum absolute atomic E-state index is 4.00. The van der Waals surface area contributed by atoms with E-state index in [0.29, 0.717) is 5.41 Å². The molecule has 1 rings (SSSR count). The van der Waals surface area contributed by atoms with Crippen LogP contribution in [0, 0.1) is 47.9 Å². The van der Waals surface area contributed by atoms with E-state index in [4.69, 9.17) is 0 Å². The molecule has 0 aliphatic heterocycles. The molecule has 34 heavy (non-hydrogen) atoms. The summed E-state index contributed by atoms with van der Waals surface area (Å²) >= 11 is 0. The second kappa shape index (κ2) is 28.8. The fraction of sp³-hybridized carbons (Fsp3) is 0.941. The van der Waals surface area contributed by atoms with Crippen LogP contribution in [0.25, 0.3) is 0 Å². The second-order valence-electron chi connectivity index (χ2n) is 11.5. The van der Waals surface area contributed by atoms with Gasteiger partial charge in [0.25, 0.3) is 0 Å². The maximum atomic E-state index is 4.00. The van der Waals surface area contributed by atoms with Gasteiger partial charge in [-0.05, 0) is 47.8 Å². The molecule has 0 heteroatoms. The van der Waals surface area contributed by atoms with Gasteiger partial charge in [-0.2, -0.15) is 0 Å². The van der Waals surface area contributed by atoms with Gasteiger partial charge in [0, 0.05) is 0 Å². The fourth-order valence-corrected chi connectivity index (χ4v) is 4.56. The number of terminal acetylenes is 1. The molecule has 0 saturated heterocycles. The van der Waals surface area contributed by atoms with Gasteiger partial charge in [0.15, 0.2) is 0 Å². The van der Waals surface area contributed by atoms with E-state index in [2.05, 4.69) is 89.0 Å². The first-order chi connectivity index (χ1) is 16.1. The van der Waals surface area contributed by atoms with Crippen LogP contribution in [0.2, 0.25) is 0 Å². The van der Waals surface area contributed by atoms with Crippen LogP contribution in [0.3, 0.4) is 0 Å². The summed E-state index contributed by atoms with van der Waals surface area (Å²) in [6.45, 7) is 29.5. The molecule has 0 nitrogen and oxygen atoms in total. The summed E-state index contributed by atoms with van der Waals surface area (Å²) < 4.78 is 0. The molecule has 1 aliphatic carbocycles. The van der Waals surface area contributed by atoms with Crippen molar-refractivity contribution in [1.29, 1.82) is 0 Å². The normalized spacial score (nSPS) is 18.9. The molecule has 0 heterocycles. The predicted octanol–water partition coefficient (Wildman–Crippen LogP) is 12.6. The molecule has 1 aliphatic rings. The van der Waals surface area contributed by atoms with Crippen LogP contribution in [0.1, 0.15) is 173 Å². The molecule has 0 aromatic rings. The van der Waals surface area contributed by atoms with Gasteiger partial charge < -0.3 is 0 Å². The summed E-state index contributed by atoms with van der Waals surface area (Å²) in [5.41, 5.74) is 0.583. The third-order valence-corrected chi connectivity index (χ3v) is 7.98. The Balaban J connectivity index is -0.000000267. The number of rotatable bonds is 11. The zero-order chi connectivity index (χ0) is 27.6. The third kappa shape index (κ3) is 24.7. The van der Waals surface area contributed by atoms with Gasteiger partial charge in [-0.25, -0.2) is 0 Å². The summed E-state index contributed by atoms with van der Waals surface area (Å²) in [6.07, 6.45) is 26.4. The molecule has 208 valence electrons. The van der Waals surface area contributed by atoms with Crippen molar-refractivity contribution in [3.63, 3.8) is 0 Å². The van der Waals surface area contributed by atoms with Gasteiger partial charge >= 0.3 is 0 Å². The zero-order valence-electron chi connectivity index (χ0n) is 26.7. The van der Waals surface area contributed by atoms with Crippen LogP contribution < -0.4 is 0 Å². The second-order valence-corrected chi connectivity index (χ2v) is 11.5. The molecule has 0 spiro atoms. The van der Waals surface area contributed by atoms with Crippen molar-refractivity contribution in [1.82, 2.24) is 0 Å². The average molecular weight is 481 g/mol. The SMILES string of the molecule is C#C.CC.CCC.CCC(C)(C)CC.CCCC(CCC)C(C)CCC(C)C1CCC(C)CC1. The molecule has 0 radical (unpaired) electrons. The molecule has 0 aromatic heterocycles. The summed E-state index contributed by atoms with van der Waals surface area (Å²) in [5, 5.41) is 0. The smallest absolute Gasteiger partial charge is 0.0359 e. The average Bonchev–Trinajstić information content (AvgIpc) is 2.86. The maximum Gasteiger partial charge on any atom is -0.0359 e. The first kappa shape index (κ1) is 40.7. The molecule has 0 amide bonds. The van der Waals surface area contributed by atoms with E-state index in [9.17, 15) is 0 Å². The van der Waals surface area contributed by atoms with Crippen LogP contribution >= 0.6 is 0 Å². The van der Waals surface area contributed by atoms with Crippen molar-refractivity contribution < 1.29 is 0 Å². The Kier molecular flexibility index (Phi) is 34.5. The topological polar surface area (TPSA) is 0 Å². The highest BCUT2D eigenvalue weighted by Crippen LogP contribution is 2.36. The molecular weight excluding hydrogens is 408 g/mol. The zero-order valence-corrected chi connectivity index (χ0v) is 26.7. The predicted molar refractivity (Wildman–Crippen MR) is 164 cm³/mol. The van der Waals surface area contributed by atoms with Crippen LogP contribution in [-0.2, 0) is 0 Å². The monoisotopic (exact) mass is 481 g/mol. The summed E-state index contributed by atoms with van der Waals surface area (Å²) in [7, 11) is 0. The van der Waals surface area contributed by atoms with Gasteiger partial charge in [-0.1, -0.05) is 161 Å². The minimum Gasteiger partial charge on any atom is -0.124 e. The van der Waals surface area contributed by atoms with E-state index in [0.717, 1.165) is 29.6 Å². The highest BCUT2D eigenvalue weighted by atomic mass is 14.3. The van der Waals surface area contributed by atoms with Gasteiger partial charge in [0.2, 0.25) is 0 Å². The number of hydrogen-bond acceptors (Lipinski definition) is 0. The fourth-order valence-electron chi connectivity index (χ4n) is 4.56. The van der Waals surface area contributed by atoms with Crippen LogP contribution in [-0.4, -0.2) is 0 Å². The first-order valence-electron chi connectivity index (χ1n) is 15.4. The van der Waals surface area contributed by atoms with E-state index < -0.39 is 0 Å². The van der Waals surface area contributed by atoms with Gasteiger partial charge in [0.05, 0.1) is 0 Å². The van der Waals surface area contributed by atoms with Crippen LogP contribution in [0.5, 0.6) is 0 Å². The van der Waals surface area contributed by atoms with E-state index in [-0.39, 0.29) is 0 Å². The quantitative estimate of drug-likeness (QED) is 0.258. The molecule has 1 saturated carbocycles. The Labute approximate surface area is 221 Å².